The molecule has 0 fully saturated rings. The minimum atomic E-state index is -3.08. The lowest BCUT2D eigenvalue weighted by molar-refractivity contribution is 0.591. The van der Waals surface area contributed by atoms with E-state index in [2.05, 4.69) is 19.1 Å². The van der Waals surface area contributed by atoms with Gasteiger partial charge in [0.15, 0.2) is 9.84 Å². The first-order valence-electron chi connectivity index (χ1n) is 6.09. The van der Waals surface area contributed by atoms with Gasteiger partial charge in [0.05, 0.1) is 10.6 Å². The summed E-state index contributed by atoms with van der Waals surface area (Å²) in [7, 11) is -3.08. The SMILES string of the molecule is CC/C=C/CCCCS(=O)(=O)c1ccccc1. The summed E-state index contributed by atoms with van der Waals surface area (Å²) in [6.07, 6.45) is 7.91. The molecule has 0 atom stereocenters. The number of hydrogen-bond donors (Lipinski definition) is 0. The van der Waals surface area contributed by atoms with E-state index in [9.17, 15) is 8.42 Å². The molecule has 17 heavy (non-hydrogen) atoms. The standard InChI is InChI=1S/C14H20O2S/c1-2-3-4-5-6-10-13-17(15,16)14-11-8-7-9-12-14/h3-4,7-9,11-12H,2,5-6,10,13H2,1H3/b4-3+. The summed E-state index contributed by atoms with van der Waals surface area (Å²) in [6, 6.07) is 8.67. The molecule has 3 heteroatoms. The quantitative estimate of drug-likeness (QED) is 0.549. The van der Waals surface area contributed by atoms with Crippen LogP contribution in [0.15, 0.2) is 47.4 Å². The molecule has 94 valence electrons. The van der Waals surface area contributed by atoms with Gasteiger partial charge in [-0.3, -0.25) is 0 Å². The van der Waals surface area contributed by atoms with Gasteiger partial charge < -0.3 is 0 Å². The van der Waals surface area contributed by atoms with Crippen molar-refractivity contribution in [1.29, 1.82) is 0 Å². The first kappa shape index (κ1) is 14.0. The summed E-state index contributed by atoms with van der Waals surface area (Å²) < 4.78 is 23.8. The van der Waals surface area contributed by atoms with E-state index in [-0.39, 0.29) is 5.75 Å². The predicted molar refractivity (Wildman–Crippen MR) is 71.8 cm³/mol. The van der Waals surface area contributed by atoms with Gasteiger partial charge in [-0.15, -0.1) is 0 Å². The van der Waals surface area contributed by atoms with Gasteiger partial charge in [-0.05, 0) is 37.8 Å². The monoisotopic (exact) mass is 252 g/mol. The van der Waals surface area contributed by atoms with E-state index in [0.717, 1.165) is 25.7 Å². The zero-order valence-electron chi connectivity index (χ0n) is 10.3. The smallest absolute Gasteiger partial charge is 0.178 e. The molecule has 2 nitrogen and oxygen atoms in total. The van der Waals surface area contributed by atoms with Gasteiger partial charge in [0, 0.05) is 0 Å². The molecule has 0 bridgehead atoms. The van der Waals surface area contributed by atoms with Crippen LogP contribution in [0.1, 0.15) is 32.6 Å². The Hall–Kier alpha value is -1.09. The van der Waals surface area contributed by atoms with Gasteiger partial charge in [0.2, 0.25) is 0 Å². The highest BCUT2D eigenvalue weighted by molar-refractivity contribution is 7.91. The zero-order chi connectivity index (χ0) is 12.6. The third-order valence-corrected chi connectivity index (χ3v) is 4.36. The lowest BCUT2D eigenvalue weighted by atomic mass is 10.2. The average Bonchev–Trinajstić information content (AvgIpc) is 2.35. The van der Waals surface area contributed by atoms with Crippen LogP contribution in [-0.2, 0) is 9.84 Å². The number of sulfone groups is 1. The Morgan fingerprint density at radius 3 is 2.41 bits per heavy atom. The molecule has 0 N–H and O–H groups in total. The highest BCUT2D eigenvalue weighted by Gasteiger charge is 2.12. The summed E-state index contributed by atoms with van der Waals surface area (Å²) in [5.74, 6) is 0.247. The van der Waals surface area contributed by atoms with Crippen LogP contribution < -0.4 is 0 Å². The second-order valence-electron chi connectivity index (χ2n) is 4.01. The van der Waals surface area contributed by atoms with Crippen molar-refractivity contribution in [1.82, 2.24) is 0 Å². The molecule has 1 aromatic carbocycles. The normalized spacial score (nSPS) is 12.1. The Balaban J connectivity index is 2.39. The van der Waals surface area contributed by atoms with E-state index in [0.29, 0.717) is 4.90 Å². The third-order valence-electron chi connectivity index (χ3n) is 2.54. The number of benzene rings is 1. The summed E-state index contributed by atoms with van der Waals surface area (Å²) in [5.41, 5.74) is 0. The molecule has 0 aliphatic carbocycles. The topological polar surface area (TPSA) is 34.1 Å². The van der Waals surface area contributed by atoms with Crippen molar-refractivity contribution < 1.29 is 8.42 Å². The van der Waals surface area contributed by atoms with Crippen LogP contribution in [0, 0.1) is 0 Å². The van der Waals surface area contributed by atoms with E-state index < -0.39 is 9.84 Å². The van der Waals surface area contributed by atoms with E-state index in [1.54, 1.807) is 24.3 Å². The molecule has 0 aliphatic rings. The molecule has 0 radical (unpaired) electrons. The molecule has 0 amide bonds. The van der Waals surface area contributed by atoms with Gasteiger partial charge in [0.25, 0.3) is 0 Å². The maximum atomic E-state index is 11.9. The van der Waals surface area contributed by atoms with E-state index in [1.807, 2.05) is 6.07 Å². The summed E-state index contributed by atoms with van der Waals surface area (Å²) in [5, 5.41) is 0. The molecule has 0 saturated heterocycles. The van der Waals surface area contributed by atoms with Crippen molar-refractivity contribution >= 4 is 9.84 Å². The number of allylic oxidation sites excluding steroid dienone is 2. The number of unbranched alkanes of at least 4 members (excludes halogenated alkanes) is 2. The van der Waals surface area contributed by atoms with E-state index >= 15 is 0 Å². The Kier molecular flexibility index (Phi) is 5.98. The second kappa shape index (κ2) is 7.28. The molecule has 0 saturated carbocycles. The van der Waals surface area contributed by atoms with Crippen molar-refractivity contribution in [2.24, 2.45) is 0 Å². The number of rotatable bonds is 7. The molecular formula is C14H20O2S. The maximum Gasteiger partial charge on any atom is 0.178 e. The van der Waals surface area contributed by atoms with Gasteiger partial charge in [-0.25, -0.2) is 8.42 Å². The van der Waals surface area contributed by atoms with Gasteiger partial charge in [0.1, 0.15) is 0 Å². The van der Waals surface area contributed by atoms with Crippen LogP contribution in [0.3, 0.4) is 0 Å². The lowest BCUT2D eigenvalue weighted by Crippen LogP contribution is -2.06. The minimum Gasteiger partial charge on any atom is -0.224 e. The van der Waals surface area contributed by atoms with Crippen molar-refractivity contribution in [2.45, 2.75) is 37.5 Å². The Morgan fingerprint density at radius 1 is 1.06 bits per heavy atom. The minimum absolute atomic E-state index is 0.247. The zero-order valence-corrected chi connectivity index (χ0v) is 11.1. The molecule has 0 aromatic heterocycles. The van der Waals surface area contributed by atoms with Crippen molar-refractivity contribution in [3.63, 3.8) is 0 Å². The molecular weight excluding hydrogens is 232 g/mol. The van der Waals surface area contributed by atoms with E-state index in [4.69, 9.17) is 0 Å². The van der Waals surface area contributed by atoms with Crippen molar-refractivity contribution in [3.05, 3.63) is 42.5 Å². The van der Waals surface area contributed by atoms with Crippen LogP contribution >= 0.6 is 0 Å². The summed E-state index contributed by atoms with van der Waals surface area (Å²) >= 11 is 0. The highest BCUT2D eigenvalue weighted by Crippen LogP contribution is 2.12. The third kappa shape index (κ3) is 5.18. The average molecular weight is 252 g/mol. The molecule has 0 heterocycles. The van der Waals surface area contributed by atoms with Crippen molar-refractivity contribution in [2.75, 3.05) is 5.75 Å². The van der Waals surface area contributed by atoms with Crippen LogP contribution in [0.2, 0.25) is 0 Å². The highest BCUT2D eigenvalue weighted by atomic mass is 32.2. The van der Waals surface area contributed by atoms with Crippen LogP contribution in [0.25, 0.3) is 0 Å². The van der Waals surface area contributed by atoms with Crippen molar-refractivity contribution in [3.8, 4) is 0 Å². The number of hydrogen-bond acceptors (Lipinski definition) is 2. The first-order valence-corrected chi connectivity index (χ1v) is 7.75. The fourth-order valence-electron chi connectivity index (χ4n) is 1.58. The largest absolute Gasteiger partial charge is 0.224 e. The molecule has 0 spiro atoms. The summed E-state index contributed by atoms with van der Waals surface area (Å²) in [6.45, 7) is 2.09. The Bertz CT molecular complexity index is 433. The van der Waals surface area contributed by atoms with Gasteiger partial charge >= 0.3 is 0 Å². The summed E-state index contributed by atoms with van der Waals surface area (Å²) in [4.78, 5) is 0.434. The van der Waals surface area contributed by atoms with Gasteiger partial charge in [-0.1, -0.05) is 37.3 Å². The van der Waals surface area contributed by atoms with Gasteiger partial charge in [-0.2, -0.15) is 0 Å². The first-order chi connectivity index (χ1) is 8.17. The molecule has 1 aromatic rings. The maximum absolute atomic E-state index is 11.9. The second-order valence-corrected chi connectivity index (χ2v) is 6.12. The molecule has 1 rings (SSSR count). The fourth-order valence-corrected chi connectivity index (χ4v) is 2.98. The Labute approximate surface area is 104 Å². The fraction of sp³-hybridized carbons (Fsp3) is 0.429. The molecule has 0 aliphatic heterocycles. The van der Waals surface area contributed by atoms with E-state index in [1.165, 1.54) is 0 Å². The lowest BCUT2D eigenvalue weighted by Gasteiger charge is -2.03. The van der Waals surface area contributed by atoms with Crippen LogP contribution in [-0.4, -0.2) is 14.2 Å². The van der Waals surface area contributed by atoms with Crippen LogP contribution in [0.5, 0.6) is 0 Å². The molecule has 0 unspecified atom stereocenters. The van der Waals surface area contributed by atoms with Crippen LogP contribution in [0.4, 0.5) is 0 Å². The Morgan fingerprint density at radius 2 is 1.76 bits per heavy atom. The predicted octanol–water partition coefficient (Wildman–Crippen LogP) is 3.60.